The fraction of sp³-hybridized carbons (Fsp3) is 0.600. The van der Waals surface area contributed by atoms with Gasteiger partial charge in [-0.3, -0.25) is 4.79 Å². The molecule has 0 aliphatic rings. The summed E-state index contributed by atoms with van der Waals surface area (Å²) in [4.78, 5) is 14.7. The zero-order valence-electron chi connectivity index (χ0n) is 7.14. The van der Waals surface area contributed by atoms with E-state index in [4.69, 9.17) is 22.3 Å². The summed E-state index contributed by atoms with van der Waals surface area (Å²) < 4.78 is 0. The second-order valence-corrected chi connectivity index (χ2v) is 2.08. The van der Waals surface area contributed by atoms with Gasteiger partial charge in [0.2, 0.25) is 5.96 Å². The molecule has 0 saturated carbocycles. The molecule has 8 heteroatoms. The van der Waals surface area contributed by atoms with Gasteiger partial charge in [0, 0.05) is 6.42 Å². The molecule has 10 N–H and O–H groups in total. The number of aliphatic carboxylic acids is 1. The van der Waals surface area contributed by atoms with E-state index in [9.17, 15) is 4.79 Å². The van der Waals surface area contributed by atoms with Crippen LogP contribution < -0.4 is 23.4 Å². The molecule has 0 aromatic heterocycles. The molecule has 0 heterocycles. The number of nitrogens with zero attached hydrogens (tertiary/aromatic N) is 1. The lowest BCUT2D eigenvalue weighted by atomic mass is 10.2. The van der Waals surface area contributed by atoms with Gasteiger partial charge in [0.25, 0.3) is 0 Å². The number of nitrogens with two attached hydrogens (primary N) is 3. The first kappa shape index (κ1) is 14.0. The summed E-state index contributed by atoms with van der Waals surface area (Å²) in [5.41, 5.74) is 15.0. The Balaban J connectivity index is 0. The fourth-order valence-corrected chi connectivity index (χ4v) is 0.423. The molecule has 13 heavy (non-hydrogen) atoms. The van der Waals surface area contributed by atoms with Gasteiger partial charge < -0.3 is 33.3 Å². The number of guanidine groups is 1. The molecule has 0 rings (SSSR count). The first-order valence-electron chi connectivity index (χ1n) is 3.23. The molecule has 0 radical (unpaired) electrons. The highest BCUT2D eigenvalue weighted by Crippen LogP contribution is 1.89. The molecule has 0 fully saturated rings. The van der Waals surface area contributed by atoms with Crippen molar-refractivity contribution in [2.75, 3.05) is 6.61 Å². The third-order valence-electron chi connectivity index (χ3n) is 1.01. The maximum absolute atomic E-state index is 10.2. The molecule has 0 aromatic carbocycles. The maximum Gasteiger partial charge on any atom is 0.320 e. The summed E-state index contributed by atoms with van der Waals surface area (Å²) in [6.45, 7) is 0.0748. The van der Waals surface area contributed by atoms with Gasteiger partial charge in [0.05, 0.1) is 0 Å². The summed E-state index contributed by atoms with van der Waals surface area (Å²) in [6.07, 6.45) is 0.159. The van der Waals surface area contributed by atoms with Crippen LogP contribution in [0.2, 0.25) is 0 Å². The monoisotopic (exact) mass is 193 g/mol. The predicted molar refractivity (Wildman–Crippen MR) is 47.0 cm³/mol. The fourth-order valence-electron chi connectivity index (χ4n) is 0.423. The van der Waals surface area contributed by atoms with Gasteiger partial charge in [-0.1, -0.05) is 0 Å². The Morgan fingerprint density at radius 3 is 2.46 bits per heavy atom. The van der Waals surface area contributed by atoms with Gasteiger partial charge in [-0.25, -0.2) is 0 Å². The van der Waals surface area contributed by atoms with Crippen molar-refractivity contribution < 1.29 is 14.7 Å². The lowest BCUT2D eigenvalue weighted by molar-refractivity contribution is -0.139. The van der Waals surface area contributed by atoms with E-state index in [1.165, 1.54) is 0 Å². The van der Waals surface area contributed by atoms with Crippen LogP contribution in [0.1, 0.15) is 6.42 Å². The Morgan fingerprint density at radius 2 is 2.08 bits per heavy atom. The van der Waals surface area contributed by atoms with Gasteiger partial charge in [0.1, 0.15) is 12.6 Å². The molecule has 0 aromatic rings. The minimum atomic E-state index is -1.08. The first-order chi connectivity index (χ1) is 5.54. The molecule has 0 aliphatic carbocycles. The molecule has 1 atom stereocenters. The van der Waals surface area contributed by atoms with E-state index in [0.717, 1.165) is 0 Å². The zero-order valence-corrected chi connectivity index (χ0v) is 7.14. The van der Waals surface area contributed by atoms with Gasteiger partial charge in [-0.05, 0) is 5.16 Å². The minimum absolute atomic E-state index is 0. The first-order valence-corrected chi connectivity index (χ1v) is 3.23. The molecule has 78 valence electrons. The average molecular weight is 193 g/mol. The van der Waals surface area contributed by atoms with Gasteiger partial charge in [-0.2, -0.15) is 0 Å². The van der Waals surface area contributed by atoms with Crippen LogP contribution >= 0.6 is 0 Å². The van der Waals surface area contributed by atoms with Crippen LogP contribution in [0.5, 0.6) is 0 Å². The summed E-state index contributed by atoms with van der Waals surface area (Å²) in [5.74, 6) is -1.29. The van der Waals surface area contributed by atoms with Crippen LogP contribution in [0, 0.1) is 0 Å². The number of hydrogen-bond acceptors (Lipinski definition) is 5. The van der Waals surface area contributed by atoms with Crippen molar-refractivity contribution in [3.05, 3.63) is 0 Å². The number of carboxylic acids is 1. The van der Waals surface area contributed by atoms with Crippen LogP contribution in [0.4, 0.5) is 0 Å². The van der Waals surface area contributed by atoms with Crippen LogP contribution in [-0.4, -0.2) is 29.7 Å². The third-order valence-corrected chi connectivity index (χ3v) is 1.01. The lowest BCUT2D eigenvalue weighted by Crippen LogP contribution is -2.31. The molecular formula is C5H15N5O3. The van der Waals surface area contributed by atoms with E-state index in [0.29, 0.717) is 0 Å². The highest BCUT2D eigenvalue weighted by atomic mass is 16.6. The van der Waals surface area contributed by atoms with Gasteiger partial charge >= 0.3 is 5.97 Å². The molecule has 0 amide bonds. The van der Waals surface area contributed by atoms with E-state index < -0.39 is 12.0 Å². The van der Waals surface area contributed by atoms with Crippen LogP contribution in [0.25, 0.3) is 0 Å². The standard InChI is InChI=1S/C5H12N4O3.H3N/c6-3(4(10)11)1-2-12-9-5(7)8;/h3H,1-2,6H2,(H,10,11)(H4,7,8,9);1H3/t3-;/m0./s1. The van der Waals surface area contributed by atoms with E-state index in [-0.39, 0.29) is 25.1 Å². The Labute approximate surface area is 75.3 Å². The molecule has 0 unspecified atom stereocenters. The summed E-state index contributed by atoms with van der Waals surface area (Å²) >= 11 is 0. The topological polar surface area (TPSA) is 172 Å². The van der Waals surface area contributed by atoms with Crippen molar-refractivity contribution in [2.45, 2.75) is 12.5 Å². The summed E-state index contributed by atoms with van der Waals surface area (Å²) in [7, 11) is 0. The highest BCUT2D eigenvalue weighted by molar-refractivity contribution is 5.75. The van der Waals surface area contributed by atoms with E-state index in [1.807, 2.05) is 0 Å². The van der Waals surface area contributed by atoms with Crippen LogP contribution in [-0.2, 0) is 9.63 Å². The molecule has 0 aliphatic heterocycles. The van der Waals surface area contributed by atoms with Crippen molar-refractivity contribution >= 4 is 11.9 Å². The van der Waals surface area contributed by atoms with Gasteiger partial charge in [0.15, 0.2) is 0 Å². The van der Waals surface area contributed by atoms with E-state index >= 15 is 0 Å². The largest absolute Gasteiger partial charge is 0.480 e. The molecular weight excluding hydrogens is 178 g/mol. The summed E-state index contributed by atoms with van der Waals surface area (Å²) in [5, 5.41) is 11.5. The molecule has 0 saturated heterocycles. The quantitative estimate of drug-likeness (QED) is 0.147. The van der Waals surface area contributed by atoms with E-state index in [2.05, 4.69) is 9.99 Å². The third kappa shape index (κ3) is 8.37. The number of oxime groups is 1. The SMILES string of the molecule is N.NC(N)=NOCC[C@H](N)C(=O)O. The maximum atomic E-state index is 10.2. The van der Waals surface area contributed by atoms with Crippen molar-refractivity contribution in [3.63, 3.8) is 0 Å². The number of carboxylic acid groups (broad SMARTS) is 1. The van der Waals surface area contributed by atoms with Gasteiger partial charge in [-0.15, -0.1) is 0 Å². The molecule has 8 nitrogen and oxygen atoms in total. The summed E-state index contributed by atoms with van der Waals surface area (Å²) in [6, 6.07) is -0.945. The van der Waals surface area contributed by atoms with Crippen molar-refractivity contribution in [1.82, 2.24) is 6.15 Å². The molecule has 0 bridgehead atoms. The Kier molecular flexibility index (Phi) is 7.68. The van der Waals surface area contributed by atoms with Crippen molar-refractivity contribution in [3.8, 4) is 0 Å². The normalized spacial score (nSPS) is 10.8. The van der Waals surface area contributed by atoms with E-state index in [1.54, 1.807) is 0 Å². The second kappa shape index (κ2) is 7.13. The highest BCUT2D eigenvalue weighted by Gasteiger charge is 2.10. The van der Waals surface area contributed by atoms with Crippen molar-refractivity contribution in [2.24, 2.45) is 22.4 Å². The van der Waals surface area contributed by atoms with Crippen LogP contribution in [0.3, 0.4) is 0 Å². The minimum Gasteiger partial charge on any atom is -0.480 e. The Morgan fingerprint density at radius 1 is 1.54 bits per heavy atom. The lowest BCUT2D eigenvalue weighted by Gasteiger charge is -2.03. The number of carbonyl (C=O) groups is 1. The predicted octanol–water partition coefficient (Wildman–Crippen LogP) is -1.84. The Hall–Kier alpha value is -1.54. The van der Waals surface area contributed by atoms with Crippen LogP contribution in [0.15, 0.2) is 5.16 Å². The number of rotatable bonds is 5. The zero-order chi connectivity index (χ0) is 9.56. The molecule has 0 spiro atoms. The van der Waals surface area contributed by atoms with Crippen molar-refractivity contribution in [1.29, 1.82) is 0 Å². The number of hydrogen-bond donors (Lipinski definition) is 5. The average Bonchev–Trinajstić information content (AvgIpc) is 1.97. The second-order valence-electron chi connectivity index (χ2n) is 2.08. The smallest absolute Gasteiger partial charge is 0.320 e. The Bertz CT molecular complexity index is 179.